The van der Waals surface area contributed by atoms with Crippen molar-refractivity contribution >= 4 is 19.7 Å². The molecule has 0 bridgehead atoms. The second kappa shape index (κ2) is 8.91. The Morgan fingerprint density at radius 1 is 0.935 bits per heavy atom. The number of nitrogens with zero attached hydrogens (tertiary/aromatic N) is 2. The lowest BCUT2D eigenvalue weighted by Gasteiger charge is -2.17. The molecule has 4 rings (SSSR count). The number of carbonyl (C=O) groups excluding carboxylic acids is 1. The zero-order chi connectivity index (χ0) is 21.8. The Hall–Kier alpha value is -3.16. The minimum Gasteiger partial charge on any atom is -0.312 e. The number of aromatic nitrogens is 1. The topological polar surface area (TPSA) is 33.2 Å². The van der Waals surface area contributed by atoms with Gasteiger partial charge in [0.1, 0.15) is 8.07 Å². The number of benzene rings is 2. The van der Waals surface area contributed by atoms with E-state index in [2.05, 4.69) is 72.5 Å². The van der Waals surface area contributed by atoms with Crippen LogP contribution in [0.4, 0.5) is 5.69 Å². The Morgan fingerprint density at radius 2 is 1.58 bits per heavy atom. The van der Waals surface area contributed by atoms with Crippen molar-refractivity contribution in [2.45, 2.75) is 32.5 Å². The summed E-state index contributed by atoms with van der Waals surface area (Å²) in [6.45, 7) is 7.52. The van der Waals surface area contributed by atoms with Gasteiger partial charge in [-0.1, -0.05) is 49.8 Å². The van der Waals surface area contributed by atoms with E-state index in [1.54, 1.807) is 12.4 Å². The van der Waals surface area contributed by atoms with Gasteiger partial charge in [-0.05, 0) is 65.9 Å². The van der Waals surface area contributed by atoms with Crippen molar-refractivity contribution in [2.75, 3.05) is 11.4 Å². The van der Waals surface area contributed by atoms with Gasteiger partial charge in [-0.2, -0.15) is 0 Å². The quantitative estimate of drug-likeness (QED) is 0.405. The van der Waals surface area contributed by atoms with Gasteiger partial charge >= 0.3 is 0 Å². The van der Waals surface area contributed by atoms with Crippen LogP contribution in [0.2, 0.25) is 19.6 Å². The number of hydrogen-bond donors (Lipinski definition) is 0. The van der Waals surface area contributed by atoms with Crippen LogP contribution in [0.15, 0.2) is 73.1 Å². The standard InChI is InChI=1S/C27H28N2OSi/c1-31(2,3)19-15-21-4-6-22(7-5-21)20-25-14-18-29(27(25)30)26-10-8-23(9-11-26)24-12-16-28-17-13-24/h4-13,16-17,25H,14,18,20H2,1-3H3. The molecule has 1 aliphatic heterocycles. The molecule has 1 unspecified atom stereocenters. The molecule has 2 heterocycles. The van der Waals surface area contributed by atoms with Crippen molar-refractivity contribution in [1.82, 2.24) is 4.98 Å². The minimum absolute atomic E-state index is 0.0405. The average Bonchev–Trinajstić information content (AvgIpc) is 3.13. The van der Waals surface area contributed by atoms with E-state index in [1.807, 2.05) is 29.2 Å². The Bertz CT molecular complexity index is 1100. The van der Waals surface area contributed by atoms with Gasteiger partial charge in [0.2, 0.25) is 5.91 Å². The SMILES string of the molecule is C[Si](C)(C)C#Cc1ccc(CC2CCN(c3ccc(-c4ccncc4)cc3)C2=O)cc1. The number of amides is 1. The van der Waals surface area contributed by atoms with E-state index in [1.165, 1.54) is 5.56 Å². The lowest BCUT2D eigenvalue weighted by molar-refractivity contribution is -0.120. The van der Waals surface area contributed by atoms with Crippen LogP contribution in [-0.2, 0) is 11.2 Å². The third-order valence-electron chi connectivity index (χ3n) is 5.53. The first-order valence-electron chi connectivity index (χ1n) is 10.8. The highest BCUT2D eigenvalue weighted by molar-refractivity contribution is 6.83. The summed E-state index contributed by atoms with van der Waals surface area (Å²) < 4.78 is 0. The van der Waals surface area contributed by atoms with Gasteiger partial charge in [0.25, 0.3) is 0 Å². The molecule has 1 amide bonds. The molecule has 4 heteroatoms. The number of carbonyl (C=O) groups is 1. The number of anilines is 1. The zero-order valence-electron chi connectivity index (χ0n) is 18.4. The molecule has 1 saturated heterocycles. The summed E-state index contributed by atoms with van der Waals surface area (Å²) in [4.78, 5) is 19.0. The van der Waals surface area contributed by atoms with Crippen LogP contribution in [-0.4, -0.2) is 25.5 Å². The Morgan fingerprint density at radius 3 is 2.23 bits per heavy atom. The van der Waals surface area contributed by atoms with Crippen molar-refractivity contribution in [3.63, 3.8) is 0 Å². The van der Waals surface area contributed by atoms with E-state index in [0.29, 0.717) is 0 Å². The molecule has 1 fully saturated rings. The fourth-order valence-electron chi connectivity index (χ4n) is 3.83. The molecular weight excluding hydrogens is 396 g/mol. The van der Waals surface area contributed by atoms with E-state index in [9.17, 15) is 4.79 Å². The van der Waals surface area contributed by atoms with Crippen molar-refractivity contribution in [3.8, 4) is 22.6 Å². The first-order valence-corrected chi connectivity index (χ1v) is 14.3. The molecule has 3 nitrogen and oxygen atoms in total. The van der Waals surface area contributed by atoms with Gasteiger partial charge in [-0.25, -0.2) is 0 Å². The maximum atomic E-state index is 13.0. The predicted molar refractivity (Wildman–Crippen MR) is 131 cm³/mol. The van der Waals surface area contributed by atoms with E-state index in [-0.39, 0.29) is 11.8 Å². The summed E-state index contributed by atoms with van der Waals surface area (Å²) in [5, 5.41) is 0. The molecule has 1 aliphatic rings. The molecule has 0 N–H and O–H groups in total. The summed E-state index contributed by atoms with van der Waals surface area (Å²) in [6, 6.07) is 20.6. The van der Waals surface area contributed by atoms with Crippen molar-refractivity contribution in [1.29, 1.82) is 0 Å². The molecule has 0 aliphatic carbocycles. The first-order chi connectivity index (χ1) is 14.9. The van der Waals surface area contributed by atoms with Crippen LogP contribution in [0.25, 0.3) is 11.1 Å². The van der Waals surface area contributed by atoms with E-state index < -0.39 is 8.07 Å². The lowest BCUT2D eigenvalue weighted by atomic mass is 9.97. The van der Waals surface area contributed by atoms with Gasteiger partial charge in [0.05, 0.1) is 0 Å². The van der Waals surface area contributed by atoms with E-state index >= 15 is 0 Å². The van der Waals surface area contributed by atoms with Crippen LogP contribution >= 0.6 is 0 Å². The Labute approximate surface area is 186 Å². The summed E-state index contributed by atoms with van der Waals surface area (Å²) >= 11 is 0. The predicted octanol–water partition coefficient (Wildman–Crippen LogP) is 5.57. The fraction of sp³-hybridized carbons (Fsp3) is 0.259. The number of pyridine rings is 1. The van der Waals surface area contributed by atoms with Gasteiger partial charge in [0.15, 0.2) is 0 Å². The van der Waals surface area contributed by atoms with Crippen LogP contribution in [0.5, 0.6) is 0 Å². The highest BCUT2D eigenvalue weighted by Gasteiger charge is 2.32. The summed E-state index contributed by atoms with van der Waals surface area (Å²) in [6.07, 6.45) is 5.26. The van der Waals surface area contributed by atoms with Crippen molar-refractivity contribution in [2.24, 2.45) is 5.92 Å². The van der Waals surface area contributed by atoms with Crippen LogP contribution in [0.3, 0.4) is 0 Å². The van der Waals surface area contributed by atoms with Gasteiger partial charge < -0.3 is 4.90 Å². The molecule has 1 atom stereocenters. The molecule has 2 aromatic carbocycles. The second-order valence-electron chi connectivity index (χ2n) is 9.16. The zero-order valence-corrected chi connectivity index (χ0v) is 19.4. The van der Waals surface area contributed by atoms with Crippen molar-refractivity contribution in [3.05, 3.63) is 84.2 Å². The van der Waals surface area contributed by atoms with E-state index in [4.69, 9.17) is 0 Å². The van der Waals surface area contributed by atoms with Crippen LogP contribution in [0.1, 0.15) is 17.5 Å². The van der Waals surface area contributed by atoms with Gasteiger partial charge in [-0.15, -0.1) is 5.54 Å². The summed E-state index contributed by atoms with van der Waals surface area (Å²) in [5.74, 6) is 3.55. The fourth-order valence-corrected chi connectivity index (χ4v) is 4.35. The number of hydrogen-bond acceptors (Lipinski definition) is 2. The molecule has 0 radical (unpaired) electrons. The molecule has 0 spiro atoms. The monoisotopic (exact) mass is 424 g/mol. The highest BCUT2D eigenvalue weighted by atomic mass is 28.3. The second-order valence-corrected chi connectivity index (χ2v) is 13.9. The summed E-state index contributed by atoms with van der Waals surface area (Å²) in [5.41, 5.74) is 8.89. The molecule has 0 saturated carbocycles. The maximum absolute atomic E-state index is 13.0. The van der Waals surface area contributed by atoms with Crippen LogP contribution in [0, 0.1) is 17.4 Å². The first kappa shape index (κ1) is 21.1. The molecule has 31 heavy (non-hydrogen) atoms. The molecular formula is C27H28N2OSi. The third kappa shape index (κ3) is 5.31. The smallest absolute Gasteiger partial charge is 0.230 e. The largest absolute Gasteiger partial charge is 0.312 e. The summed E-state index contributed by atoms with van der Waals surface area (Å²) in [7, 11) is -1.37. The highest BCUT2D eigenvalue weighted by Crippen LogP contribution is 2.29. The van der Waals surface area contributed by atoms with Gasteiger partial charge in [0, 0.05) is 36.1 Å². The normalized spacial score (nSPS) is 16.2. The average molecular weight is 425 g/mol. The Kier molecular flexibility index (Phi) is 6.06. The van der Waals surface area contributed by atoms with E-state index in [0.717, 1.165) is 41.8 Å². The van der Waals surface area contributed by atoms with Gasteiger partial charge in [-0.3, -0.25) is 9.78 Å². The molecule has 1 aromatic heterocycles. The van der Waals surface area contributed by atoms with Crippen molar-refractivity contribution < 1.29 is 4.79 Å². The number of rotatable bonds is 4. The Balaban J connectivity index is 1.40. The lowest BCUT2D eigenvalue weighted by Crippen LogP contribution is -2.27. The third-order valence-corrected chi connectivity index (χ3v) is 6.40. The molecule has 3 aromatic rings. The maximum Gasteiger partial charge on any atom is 0.230 e. The van der Waals surface area contributed by atoms with Crippen LogP contribution < -0.4 is 4.90 Å². The minimum atomic E-state index is -1.37. The molecule has 156 valence electrons.